The number of ketones is 1. The van der Waals surface area contributed by atoms with Gasteiger partial charge in [0.05, 0.1) is 5.56 Å². The van der Waals surface area contributed by atoms with Crippen molar-refractivity contribution in [2.45, 2.75) is 39.7 Å². The largest absolute Gasteiger partial charge is 0.456 e. The van der Waals surface area contributed by atoms with E-state index in [0.29, 0.717) is 17.5 Å². The summed E-state index contributed by atoms with van der Waals surface area (Å²) in [5, 5.41) is 0. The summed E-state index contributed by atoms with van der Waals surface area (Å²) < 4.78 is 5.31. The lowest BCUT2D eigenvalue weighted by molar-refractivity contribution is 0.00692. The molecule has 0 atom stereocenters. The van der Waals surface area contributed by atoms with Crippen LogP contribution < -0.4 is 0 Å². The molecule has 0 aliphatic carbocycles. The van der Waals surface area contributed by atoms with Crippen LogP contribution in [0.25, 0.3) is 0 Å². The highest BCUT2D eigenvalue weighted by atomic mass is 16.6. The average Bonchev–Trinajstić information content (AvgIpc) is 2.26. The standard InChI is InChI=1S/C16H20O3/c1-6-7-12-10-13(8-9-14(12)11(2)17)15(18)19-16(3,4)5/h6,8-10H,1,7H2,2-5H3. The van der Waals surface area contributed by atoms with Crippen LogP contribution in [-0.2, 0) is 11.2 Å². The third-order valence-electron chi connectivity index (χ3n) is 2.48. The number of carbonyl (C=O) groups excluding carboxylic acids is 2. The Kier molecular flexibility index (Phi) is 4.65. The van der Waals surface area contributed by atoms with E-state index in [2.05, 4.69) is 6.58 Å². The zero-order valence-corrected chi connectivity index (χ0v) is 11.9. The number of allylic oxidation sites excluding steroid dienone is 1. The predicted octanol–water partition coefficient (Wildman–Crippen LogP) is 3.57. The predicted molar refractivity (Wildman–Crippen MR) is 75.5 cm³/mol. The molecule has 1 rings (SSSR count). The molecule has 0 N–H and O–H groups in total. The van der Waals surface area contributed by atoms with E-state index in [0.717, 1.165) is 5.56 Å². The van der Waals surface area contributed by atoms with Crippen LogP contribution in [0.2, 0.25) is 0 Å². The second-order valence-electron chi connectivity index (χ2n) is 5.42. The van der Waals surface area contributed by atoms with Gasteiger partial charge in [-0.15, -0.1) is 6.58 Å². The van der Waals surface area contributed by atoms with Gasteiger partial charge in [0.2, 0.25) is 0 Å². The maximum absolute atomic E-state index is 12.0. The molecule has 0 unspecified atom stereocenters. The van der Waals surface area contributed by atoms with Gasteiger partial charge in [-0.3, -0.25) is 4.79 Å². The number of hydrogen-bond acceptors (Lipinski definition) is 3. The van der Waals surface area contributed by atoms with Gasteiger partial charge in [-0.2, -0.15) is 0 Å². The molecule has 0 aromatic heterocycles. The summed E-state index contributed by atoms with van der Waals surface area (Å²) in [7, 11) is 0. The van der Waals surface area contributed by atoms with Gasteiger partial charge in [0.15, 0.2) is 5.78 Å². The van der Waals surface area contributed by atoms with Crippen LogP contribution in [0, 0.1) is 0 Å². The Bertz CT molecular complexity index is 507. The lowest BCUT2D eigenvalue weighted by atomic mass is 9.98. The summed E-state index contributed by atoms with van der Waals surface area (Å²) in [6, 6.07) is 4.99. The van der Waals surface area contributed by atoms with Crippen molar-refractivity contribution >= 4 is 11.8 Å². The van der Waals surface area contributed by atoms with E-state index in [-0.39, 0.29) is 11.8 Å². The lowest BCUT2D eigenvalue weighted by Gasteiger charge is -2.19. The molecule has 0 aliphatic heterocycles. The lowest BCUT2D eigenvalue weighted by Crippen LogP contribution is -2.24. The molecular weight excluding hydrogens is 240 g/mol. The highest BCUT2D eigenvalue weighted by Crippen LogP contribution is 2.17. The van der Waals surface area contributed by atoms with E-state index in [1.807, 2.05) is 20.8 Å². The highest BCUT2D eigenvalue weighted by molar-refractivity contribution is 5.97. The van der Waals surface area contributed by atoms with Crippen molar-refractivity contribution in [2.24, 2.45) is 0 Å². The molecule has 0 fully saturated rings. The van der Waals surface area contributed by atoms with Crippen LogP contribution in [0.15, 0.2) is 30.9 Å². The molecule has 102 valence electrons. The fourth-order valence-corrected chi connectivity index (χ4v) is 1.73. The molecule has 0 heterocycles. The van der Waals surface area contributed by atoms with Gasteiger partial charge in [0, 0.05) is 5.56 Å². The van der Waals surface area contributed by atoms with E-state index in [4.69, 9.17) is 4.74 Å². The quantitative estimate of drug-likeness (QED) is 0.472. The van der Waals surface area contributed by atoms with Crippen molar-refractivity contribution < 1.29 is 14.3 Å². The first kappa shape index (κ1) is 15.2. The van der Waals surface area contributed by atoms with Crippen LogP contribution >= 0.6 is 0 Å². The topological polar surface area (TPSA) is 43.4 Å². The molecule has 19 heavy (non-hydrogen) atoms. The molecule has 0 aliphatic rings. The number of esters is 1. The fourth-order valence-electron chi connectivity index (χ4n) is 1.73. The molecule has 0 radical (unpaired) electrons. The molecule has 1 aromatic rings. The first-order valence-electron chi connectivity index (χ1n) is 6.22. The minimum Gasteiger partial charge on any atom is -0.456 e. The van der Waals surface area contributed by atoms with Gasteiger partial charge >= 0.3 is 5.97 Å². The zero-order valence-electron chi connectivity index (χ0n) is 11.9. The van der Waals surface area contributed by atoms with Crippen LogP contribution in [0.5, 0.6) is 0 Å². The molecule has 3 heteroatoms. The van der Waals surface area contributed by atoms with Crippen LogP contribution in [-0.4, -0.2) is 17.4 Å². The Morgan fingerprint density at radius 3 is 2.42 bits per heavy atom. The zero-order chi connectivity index (χ0) is 14.6. The monoisotopic (exact) mass is 260 g/mol. The Morgan fingerprint density at radius 2 is 1.95 bits per heavy atom. The SMILES string of the molecule is C=CCc1cc(C(=O)OC(C)(C)C)ccc1C(C)=O. The van der Waals surface area contributed by atoms with Crippen molar-refractivity contribution in [1.82, 2.24) is 0 Å². The van der Waals surface area contributed by atoms with Gasteiger partial charge in [-0.05, 0) is 51.8 Å². The summed E-state index contributed by atoms with van der Waals surface area (Å²) in [5.74, 6) is -0.402. The van der Waals surface area contributed by atoms with Gasteiger partial charge in [0.25, 0.3) is 0 Å². The minimum absolute atomic E-state index is 0.0208. The Labute approximate surface area is 114 Å². The molecular formula is C16H20O3. The van der Waals surface area contributed by atoms with Crippen molar-refractivity contribution in [3.63, 3.8) is 0 Å². The van der Waals surface area contributed by atoms with Crippen molar-refractivity contribution in [3.05, 3.63) is 47.5 Å². The van der Waals surface area contributed by atoms with E-state index < -0.39 is 5.60 Å². The number of rotatable bonds is 4. The van der Waals surface area contributed by atoms with E-state index in [9.17, 15) is 9.59 Å². The van der Waals surface area contributed by atoms with Gasteiger partial charge in [-0.25, -0.2) is 4.79 Å². The highest BCUT2D eigenvalue weighted by Gasteiger charge is 2.19. The van der Waals surface area contributed by atoms with E-state index in [1.54, 1.807) is 24.3 Å². The Hall–Kier alpha value is -1.90. The minimum atomic E-state index is -0.533. The summed E-state index contributed by atoms with van der Waals surface area (Å²) in [4.78, 5) is 23.5. The smallest absolute Gasteiger partial charge is 0.338 e. The number of benzene rings is 1. The Morgan fingerprint density at radius 1 is 1.32 bits per heavy atom. The number of carbonyl (C=O) groups is 2. The number of ether oxygens (including phenoxy) is 1. The van der Waals surface area contributed by atoms with Crippen LogP contribution in [0.3, 0.4) is 0 Å². The van der Waals surface area contributed by atoms with Crippen molar-refractivity contribution in [1.29, 1.82) is 0 Å². The normalized spacial score (nSPS) is 10.9. The number of Topliss-reactive ketones (excluding diaryl/α,β-unsaturated/α-hetero) is 1. The average molecular weight is 260 g/mol. The fraction of sp³-hybridized carbons (Fsp3) is 0.375. The van der Waals surface area contributed by atoms with Crippen LogP contribution in [0.4, 0.5) is 0 Å². The second-order valence-corrected chi connectivity index (χ2v) is 5.42. The van der Waals surface area contributed by atoms with Crippen molar-refractivity contribution in [2.75, 3.05) is 0 Å². The summed E-state index contributed by atoms with van der Waals surface area (Å²) in [5.41, 5.74) is 1.34. The molecule has 0 bridgehead atoms. The summed E-state index contributed by atoms with van der Waals surface area (Å²) >= 11 is 0. The Balaban J connectivity index is 3.11. The van der Waals surface area contributed by atoms with Gasteiger partial charge in [0.1, 0.15) is 5.60 Å². The first-order valence-corrected chi connectivity index (χ1v) is 6.22. The van der Waals surface area contributed by atoms with Gasteiger partial charge < -0.3 is 4.74 Å². The third-order valence-corrected chi connectivity index (χ3v) is 2.48. The maximum atomic E-state index is 12.0. The summed E-state index contributed by atoms with van der Waals surface area (Å²) in [6.45, 7) is 10.6. The van der Waals surface area contributed by atoms with Crippen LogP contribution in [0.1, 0.15) is 54.0 Å². The molecule has 0 amide bonds. The van der Waals surface area contributed by atoms with Gasteiger partial charge in [-0.1, -0.05) is 12.1 Å². The first-order chi connectivity index (χ1) is 8.74. The number of hydrogen-bond donors (Lipinski definition) is 0. The molecule has 1 aromatic carbocycles. The van der Waals surface area contributed by atoms with Crippen molar-refractivity contribution in [3.8, 4) is 0 Å². The molecule has 3 nitrogen and oxygen atoms in total. The van der Waals surface area contributed by atoms with E-state index >= 15 is 0 Å². The maximum Gasteiger partial charge on any atom is 0.338 e. The summed E-state index contributed by atoms with van der Waals surface area (Å²) in [6.07, 6.45) is 2.26. The molecule has 0 saturated heterocycles. The third kappa shape index (κ3) is 4.36. The molecule has 0 spiro atoms. The second kappa shape index (κ2) is 5.83. The van der Waals surface area contributed by atoms with E-state index in [1.165, 1.54) is 6.92 Å². The molecule has 0 saturated carbocycles.